The Balaban J connectivity index is 1.74. The van der Waals surface area contributed by atoms with Crippen molar-refractivity contribution in [3.8, 4) is 0 Å². The van der Waals surface area contributed by atoms with Gasteiger partial charge >= 0.3 is 6.03 Å². The number of imide groups is 2. The van der Waals surface area contributed by atoms with Crippen LogP contribution in [0.25, 0.3) is 6.08 Å². The van der Waals surface area contributed by atoms with Crippen molar-refractivity contribution in [2.75, 3.05) is 16.8 Å². The van der Waals surface area contributed by atoms with Crippen LogP contribution >= 0.6 is 0 Å². The van der Waals surface area contributed by atoms with Gasteiger partial charge in [0, 0.05) is 18.3 Å². The van der Waals surface area contributed by atoms with Crippen LogP contribution in [0.3, 0.4) is 0 Å². The first-order valence-electron chi connectivity index (χ1n) is 10.9. The predicted molar refractivity (Wildman–Crippen MR) is 127 cm³/mol. The van der Waals surface area contributed by atoms with E-state index in [-0.39, 0.29) is 11.1 Å². The fraction of sp³-hybridized carbons (Fsp3) is 0.346. The fourth-order valence-corrected chi connectivity index (χ4v) is 4.82. The fourth-order valence-electron chi connectivity index (χ4n) is 4.82. The Morgan fingerprint density at radius 3 is 2.34 bits per heavy atom. The highest BCUT2D eigenvalue weighted by Crippen LogP contribution is 2.42. The molecular formula is C26H29N3O3. The van der Waals surface area contributed by atoms with Crippen molar-refractivity contribution in [2.45, 2.75) is 52.5 Å². The summed E-state index contributed by atoms with van der Waals surface area (Å²) in [5.74, 6) is -0.948. The molecule has 166 valence electrons. The Bertz CT molecular complexity index is 1160. The van der Waals surface area contributed by atoms with Gasteiger partial charge in [-0.3, -0.25) is 14.9 Å². The van der Waals surface area contributed by atoms with Gasteiger partial charge in [-0.25, -0.2) is 9.69 Å². The van der Waals surface area contributed by atoms with Crippen molar-refractivity contribution in [1.29, 1.82) is 0 Å². The van der Waals surface area contributed by atoms with Gasteiger partial charge in [-0.1, -0.05) is 19.1 Å². The van der Waals surface area contributed by atoms with Gasteiger partial charge in [0.2, 0.25) is 0 Å². The van der Waals surface area contributed by atoms with E-state index in [4.69, 9.17) is 0 Å². The highest BCUT2D eigenvalue weighted by Gasteiger charge is 2.37. The van der Waals surface area contributed by atoms with Gasteiger partial charge < -0.3 is 4.90 Å². The summed E-state index contributed by atoms with van der Waals surface area (Å²) in [5.41, 5.74) is 5.41. The topological polar surface area (TPSA) is 69.7 Å². The highest BCUT2D eigenvalue weighted by atomic mass is 16.2. The minimum absolute atomic E-state index is 0.0540. The summed E-state index contributed by atoms with van der Waals surface area (Å²) in [7, 11) is 2.09. The van der Waals surface area contributed by atoms with E-state index in [1.54, 1.807) is 18.2 Å². The standard InChI is InChI=1S/C26H29N3O3/c1-15-9-16(2)11-19(10-15)29-24(31)21(23(30)27-25(29)32)13-18-7-8-22-20(12-18)17(3)14-26(4,5)28(22)6/h7-13,17H,14H2,1-6H3,(H,27,30,32)/b21-13+/t17-/m1/s1. The number of amides is 4. The number of nitrogens with one attached hydrogen (secondary N) is 1. The molecule has 1 fully saturated rings. The maximum Gasteiger partial charge on any atom is 0.335 e. The van der Waals surface area contributed by atoms with Crippen LogP contribution in [0.2, 0.25) is 0 Å². The molecule has 0 aliphatic carbocycles. The molecule has 0 unspecified atom stereocenters. The lowest BCUT2D eigenvalue weighted by Gasteiger charge is -2.45. The lowest BCUT2D eigenvalue weighted by molar-refractivity contribution is -0.122. The van der Waals surface area contributed by atoms with E-state index >= 15 is 0 Å². The van der Waals surface area contributed by atoms with E-state index < -0.39 is 17.8 Å². The summed E-state index contributed by atoms with van der Waals surface area (Å²) in [6.45, 7) is 10.5. The lowest BCUT2D eigenvalue weighted by atomic mass is 9.80. The molecule has 0 saturated carbocycles. The van der Waals surface area contributed by atoms with Crippen molar-refractivity contribution in [2.24, 2.45) is 0 Å². The molecule has 0 bridgehead atoms. The third kappa shape index (κ3) is 3.70. The quantitative estimate of drug-likeness (QED) is 0.553. The largest absolute Gasteiger partial charge is 0.369 e. The summed E-state index contributed by atoms with van der Waals surface area (Å²) < 4.78 is 0. The zero-order chi connectivity index (χ0) is 23.4. The second-order valence-corrected chi connectivity index (χ2v) is 9.60. The number of carbonyl (C=O) groups is 3. The molecular weight excluding hydrogens is 402 g/mol. The number of hydrogen-bond donors (Lipinski definition) is 1. The Kier molecular flexibility index (Phi) is 5.19. The molecule has 0 aromatic heterocycles. The number of aryl methyl sites for hydroxylation is 2. The van der Waals surface area contributed by atoms with Gasteiger partial charge in [0.1, 0.15) is 5.57 Å². The number of barbiturate groups is 1. The van der Waals surface area contributed by atoms with Crippen molar-refractivity contribution >= 4 is 35.3 Å². The minimum Gasteiger partial charge on any atom is -0.369 e. The van der Waals surface area contributed by atoms with Gasteiger partial charge in [-0.05, 0) is 92.6 Å². The second kappa shape index (κ2) is 7.62. The van der Waals surface area contributed by atoms with Crippen molar-refractivity contribution in [1.82, 2.24) is 5.32 Å². The average Bonchev–Trinajstić information content (AvgIpc) is 2.68. The maximum absolute atomic E-state index is 13.2. The molecule has 1 saturated heterocycles. The number of nitrogens with zero attached hydrogens (tertiary/aromatic N) is 2. The van der Waals surface area contributed by atoms with E-state index in [0.717, 1.165) is 33.7 Å². The molecule has 2 aliphatic rings. The van der Waals surface area contributed by atoms with Crippen LogP contribution in [-0.4, -0.2) is 30.4 Å². The zero-order valence-corrected chi connectivity index (χ0v) is 19.4. The number of rotatable bonds is 2. The predicted octanol–water partition coefficient (Wildman–Crippen LogP) is 4.69. The van der Waals surface area contributed by atoms with Crippen LogP contribution in [-0.2, 0) is 9.59 Å². The van der Waals surface area contributed by atoms with Crippen molar-refractivity contribution < 1.29 is 14.4 Å². The van der Waals surface area contributed by atoms with Gasteiger partial charge in [0.15, 0.2) is 0 Å². The van der Waals surface area contributed by atoms with Crippen LogP contribution in [0.15, 0.2) is 42.0 Å². The van der Waals surface area contributed by atoms with E-state index in [1.807, 2.05) is 38.1 Å². The van der Waals surface area contributed by atoms with Crippen molar-refractivity contribution in [3.05, 3.63) is 64.2 Å². The molecule has 2 aromatic carbocycles. The molecule has 0 spiro atoms. The number of carbonyl (C=O) groups excluding carboxylic acids is 3. The molecule has 4 rings (SSSR count). The first-order chi connectivity index (χ1) is 15.0. The van der Waals surface area contributed by atoms with Crippen LogP contribution in [0.1, 0.15) is 55.4 Å². The van der Waals surface area contributed by atoms with E-state index in [2.05, 4.69) is 38.0 Å². The molecule has 32 heavy (non-hydrogen) atoms. The van der Waals surface area contributed by atoms with Crippen molar-refractivity contribution in [3.63, 3.8) is 0 Å². The zero-order valence-electron chi connectivity index (χ0n) is 19.4. The molecule has 2 aliphatic heterocycles. The van der Waals surface area contributed by atoms with Crippen LogP contribution < -0.4 is 15.1 Å². The number of hydrogen-bond acceptors (Lipinski definition) is 4. The summed E-state index contributed by atoms with van der Waals surface area (Å²) in [4.78, 5) is 41.6. The number of fused-ring (bicyclic) bond motifs is 1. The van der Waals surface area contributed by atoms with Crippen LogP contribution in [0.4, 0.5) is 16.2 Å². The van der Waals surface area contributed by atoms with Gasteiger partial charge in [0.25, 0.3) is 11.8 Å². The number of benzene rings is 2. The lowest BCUT2D eigenvalue weighted by Crippen LogP contribution is -2.54. The average molecular weight is 432 g/mol. The third-order valence-electron chi connectivity index (χ3n) is 6.53. The molecule has 2 heterocycles. The Morgan fingerprint density at radius 2 is 1.69 bits per heavy atom. The van der Waals surface area contributed by atoms with Gasteiger partial charge in [-0.15, -0.1) is 0 Å². The first-order valence-corrected chi connectivity index (χ1v) is 10.9. The normalized spacial score (nSPS) is 21.6. The molecule has 4 amide bonds. The van der Waals surface area contributed by atoms with E-state index in [9.17, 15) is 14.4 Å². The summed E-state index contributed by atoms with van der Waals surface area (Å²) in [6.07, 6.45) is 2.58. The molecule has 6 heteroatoms. The smallest absolute Gasteiger partial charge is 0.335 e. The molecule has 6 nitrogen and oxygen atoms in total. The Labute approximate surface area is 188 Å². The second-order valence-electron chi connectivity index (χ2n) is 9.60. The molecule has 0 radical (unpaired) electrons. The Morgan fingerprint density at radius 1 is 1.03 bits per heavy atom. The minimum atomic E-state index is -0.731. The highest BCUT2D eigenvalue weighted by molar-refractivity contribution is 6.39. The molecule has 1 N–H and O–H groups in total. The third-order valence-corrected chi connectivity index (χ3v) is 6.53. The van der Waals surface area contributed by atoms with Gasteiger partial charge in [-0.2, -0.15) is 0 Å². The van der Waals surface area contributed by atoms with E-state index in [0.29, 0.717) is 11.6 Å². The number of urea groups is 1. The summed E-state index contributed by atoms with van der Waals surface area (Å²) >= 11 is 0. The summed E-state index contributed by atoms with van der Waals surface area (Å²) in [5, 5.41) is 2.31. The summed E-state index contributed by atoms with van der Waals surface area (Å²) in [6, 6.07) is 10.7. The number of anilines is 2. The van der Waals surface area contributed by atoms with Gasteiger partial charge in [0.05, 0.1) is 5.69 Å². The molecule has 2 aromatic rings. The monoisotopic (exact) mass is 431 g/mol. The first kappa shape index (κ1) is 21.8. The SMILES string of the molecule is Cc1cc(C)cc(N2C(=O)NC(=O)/C(=C\c3ccc4c(c3)[C@H](C)CC(C)(C)N4C)C2=O)c1. The maximum atomic E-state index is 13.2. The van der Waals surface area contributed by atoms with E-state index in [1.165, 1.54) is 5.56 Å². The van der Waals surface area contributed by atoms with Crippen LogP contribution in [0, 0.1) is 13.8 Å². The van der Waals surface area contributed by atoms with Crippen LogP contribution in [0.5, 0.6) is 0 Å². The molecule has 1 atom stereocenters. The Hall–Kier alpha value is -3.41.